The third-order valence-corrected chi connectivity index (χ3v) is 5.62. The molecule has 0 aromatic carbocycles. The number of aryl methyl sites for hydroxylation is 1. The summed E-state index contributed by atoms with van der Waals surface area (Å²) in [6, 6.07) is 2.34. The first-order valence-electron chi connectivity index (χ1n) is 9.93. The zero-order chi connectivity index (χ0) is 19.1. The van der Waals surface area contributed by atoms with Crippen LogP contribution in [0.25, 0.3) is 11.2 Å². The Morgan fingerprint density at radius 2 is 2.11 bits per heavy atom. The molecule has 3 aliphatic rings. The van der Waals surface area contributed by atoms with Gasteiger partial charge in [-0.1, -0.05) is 6.08 Å². The first kappa shape index (κ1) is 17.9. The fourth-order valence-corrected chi connectivity index (χ4v) is 4.09. The minimum Gasteiger partial charge on any atom is -0.473 e. The summed E-state index contributed by atoms with van der Waals surface area (Å²) in [7, 11) is 0. The molecule has 4 heterocycles. The molecular formula is C20H25N3O5. The summed E-state index contributed by atoms with van der Waals surface area (Å²) in [5.74, 6) is 0.600. The number of aromatic amines is 1. The Bertz CT molecular complexity index is 895. The Morgan fingerprint density at radius 1 is 1.21 bits per heavy atom. The van der Waals surface area contributed by atoms with Crippen molar-refractivity contribution in [1.29, 1.82) is 0 Å². The fraction of sp³-hybridized carbons (Fsp3) is 0.600. The van der Waals surface area contributed by atoms with Gasteiger partial charge in [-0.15, -0.1) is 0 Å². The molecule has 8 nitrogen and oxygen atoms in total. The highest BCUT2D eigenvalue weighted by atomic mass is 16.6. The third kappa shape index (κ3) is 3.36. The number of pyridine rings is 1. The largest absolute Gasteiger partial charge is 0.473 e. The Hall–Kier alpha value is -2.16. The monoisotopic (exact) mass is 387 g/mol. The predicted molar refractivity (Wildman–Crippen MR) is 101 cm³/mol. The second-order valence-corrected chi connectivity index (χ2v) is 7.74. The van der Waals surface area contributed by atoms with Crippen LogP contribution in [0.15, 0.2) is 17.7 Å². The first-order valence-corrected chi connectivity index (χ1v) is 9.93. The molecule has 2 aliphatic heterocycles. The van der Waals surface area contributed by atoms with E-state index in [0.717, 1.165) is 23.9 Å². The summed E-state index contributed by atoms with van der Waals surface area (Å²) in [5, 5.41) is 9.85. The minimum absolute atomic E-state index is 0.271. The molecular weight excluding hydrogens is 362 g/mol. The smallest absolute Gasteiger partial charge is 0.296 e. The molecule has 2 saturated heterocycles. The van der Waals surface area contributed by atoms with Crippen molar-refractivity contribution in [3.8, 4) is 11.9 Å². The van der Waals surface area contributed by atoms with E-state index in [1.165, 1.54) is 18.4 Å². The number of aromatic nitrogens is 3. The van der Waals surface area contributed by atoms with Crippen LogP contribution in [0.3, 0.4) is 0 Å². The van der Waals surface area contributed by atoms with Gasteiger partial charge >= 0.3 is 0 Å². The van der Waals surface area contributed by atoms with Gasteiger partial charge < -0.3 is 29.0 Å². The zero-order valence-corrected chi connectivity index (χ0v) is 15.9. The standard InChI is InChI=1S/C20H25N3O5/c1-11-7-13-18(22-19(11)27-8-12-5-3-2-4-6-12)23-20(21-13)28-15-10-26-16-14(24)9-25-17(15)16/h5,7,14-17,24H,2-4,6,8-10H2,1H3,(H,21,22,23)/t14-,15-,16-,17?/m1/s1. The van der Waals surface area contributed by atoms with E-state index in [1.54, 1.807) is 0 Å². The molecule has 1 aliphatic carbocycles. The lowest BCUT2D eigenvalue weighted by molar-refractivity contribution is 0.00706. The minimum atomic E-state index is -0.599. The van der Waals surface area contributed by atoms with Gasteiger partial charge in [-0.3, -0.25) is 0 Å². The van der Waals surface area contributed by atoms with Gasteiger partial charge in [-0.05, 0) is 44.2 Å². The number of hydrogen-bond acceptors (Lipinski definition) is 7. The van der Waals surface area contributed by atoms with E-state index in [4.69, 9.17) is 18.9 Å². The highest BCUT2D eigenvalue weighted by molar-refractivity contribution is 5.73. The number of rotatable bonds is 5. The SMILES string of the molecule is Cc1cc2[nH]c(O[C@@H]3CO[C@H]4C3OC[C@H]4O)nc2nc1OCC1=CCCCC1. The van der Waals surface area contributed by atoms with Crippen molar-refractivity contribution in [2.24, 2.45) is 0 Å². The lowest BCUT2D eigenvalue weighted by atomic mass is 10.0. The molecule has 4 atom stereocenters. The van der Waals surface area contributed by atoms with Crippen molar-refractivity contribution < 1.29 is 24.1 Å². The average Bonchev–Trinajstić information content (AvgIpc) is 3.38. The molecule has 2 aromatic rings. The average molecular weight is 387 g/mol. The summed E-state index contributed by atoms with van der Waals surface area (Å²) < 4.78 is 23.1. The summed E-state index contributed by atoms with van der Waals surface area (Å²) in [4.78, 5) is 12.2. The Kier molecular flexibility index (Phi) is 4.70. The molecule has 2 N–H and O–H groups in total. The maximum atomic E-state index is 9.85. The molecule has 8 heteroatoms. The highest BCUT2D eigenvalue weighted by Crippen LogP contribution is 2.30. The van der Waals surface area contributed by atoms with Crippen LogP contribution in [0.1, 0.15) is 31.2 Å². The van der Waals surface area contributed by atoms with Crippen LogP contribution in [0, 0.1) is 6.92 Å². The first-order chi connectivity index (χ1) is 13.7. The molecule has 2 aromatic heterocycles. The van der Waals surface area contributed by atoms with Crippen molar-refractivity contribution in [3.63, 3.8) is 0 Å². The van der Waals surface area contributed by atoms with Gasteiger partial charge in [-0.25, -0.2) is 0 Å². The number of H-pyrrole nitrogens is 1. The van der Waals surface area contributed by atoms with Crippen molar-refractivity contribution >= 4 is 11.2 Å². The summed E-state index contributed by atoms with van der Waals surface area (Å²) in [5.41, 5.74) is 3.63. The van der Waals surface area contributed by atoms with E-state index in [2.05, 4.69) is 21.0 Å². The van der Waals surface area contributed by atoms with Gasteiger partial charge in [-0.2, -0.15) is 9.97 Å². The second kappa shape index (κ2) is 7.35. The fourth-order valence-electron chi connectivity index (χ4n) is 4.09. The lowest BCUT2D eigenvalue weighted by Crippen LogP contribution is -2.34. The second-order valence-electron chi connectivity index (χ2n) is 7.74. The van der Waals surface area contributed by atoms with Crippen LogP contribution in [-0.2, 0) is 9.47 Å². The molecule has 0 saturated carbocycles. The number of ether oxygens (including phenoxy) is 4. The highest BCUT2D eigenvalue weighted by Gasteiger charge is 2.48. The van der Waals surface area contributed by atoms with Gasteiger partial charge in [0.05, 0.1) is 18.7 Å². The van der Waals surface area contributed by atoms with E-state index < -0.39 is 6.10 Å². The normalized spacial score (nSPS) is 29.7. The van der Waals surface area contributed by atoms with E-state index in [-0.39, 0.29) is 24.9 Å². The number of hydrogen-bond donors (Lipinski definition) is 2. The van der Waals surface area contributed by atoms with Crippen molar-refractivity contribution in [3.05, 3.63) is 23.3 Å². The topological polar surface area (TPSA) is 98.7 Å². The molecule has 0 amide bonds. The third-order valence-electron chi connectivity index (χ3n) is 5.62. The Morgan fingerprint density at radius 3 is 2.96 bits per heavy atom. The molecule has 0 radical (unpaired) electrons. The summed E-state index contributed by atoms with van der Waals surface area (Å²) in [6.07, 6.45) is 5.49. The Balaban J connectivity index is 1.30. The molecule has 2 fully saturated rings. The van der Waals surface area contributed by atoms with Crippen LogP contribution in [-0.4, -0.2) is 64.3 Å². The Labute approximate surface area is 162 Å². The van der Waals surface area contributed by atoms with Crippen molar-refractivity contribution in [1.82, 2.24) is 15.0 Å². The van der Waals surface area contributed by atoms with E-state index >= 15 is 0 Å². The van der Waals surface area contributed by atoms with Gasteiger partial charge in [0, 0.05) is 5.56 Å². The number of nitrogens with zero attached hydrogens (tertiary/aromatic N) is 2. The van der Waals surface area contributed by atoms with Crippen LogP contribution in [0.4, 0.5) is 0 Å². The quantitative estimate of drug-likeness (QED) is 0.758. The van der Waals surface area contributed by atoms with Crippen LogP contribution in [0.5, 0.6) is 11.9 Å². The molecule has 150 valence electrons. The van der Waals surface area contributed by atoms with E-state index in [9.17, 15) is 5.11 Å². The van der Waals surface area contributed by atoms with E-state index in [1.807, 2.05) is 13.0 Å². The lowest BCUT2D eigenvalue weighted by Gasteiger charge is -2.15. The number of allylic oxidation sites excluding steroid dienone is 1. The van der Waals surface area contributed by atoms with E-state index in [0.29, 0.717) is 30.8 Å². The number of nitrogens with one attached hydrogen (secondary N) is 1. The van der Waals surface area contributed by atoms with Gasteiger partial charge in [0.2, 0.25) is 5.88 Å². The number of aliphatic hydroxyl groups excluding tert-OH is 1. The van der Waals surface area contributed by atoms with Gasteiger partial charge in [0.1, 0.15) is 24.9 Å². The maximum Gasteiger partial charge on any atom is 0.296 e. The summed E-state index contributed by atoms with van der Waals surface area (Å²) in [6.45, 7) is 3.18. The summed E-state index contributed by atoms with van der Waals surface area (Å²) >= 11 is 0. The van der Waals surface area contributed by atoms with Crippen molar-refractivity contribution in [2.75, 3.05) is 19.8 Å². The molecule has 28 heavy (non-hydrogen) atoms. The zero-order valence-electron chi connectivity index (χ0n) is 15.9. The van der Waals surface area contributed by atoms with Crippen molar-refractivity contribution in [2.45, 2.75) is 57.0 Å². The maximum absolute atomic E-state index is 9.85. The van der Waals surface area contributed by atoms with Crippen LogP contribution >= 0.6 is 0 Å². The molecule has 0 bridgehead atoms. The molecule has 1 unspecified atom stereocenters. The number of fused-ring (bicyclic) bond motifs is 2. The van der Waals surface area contributed by atoms with Gasteiger partial charge in [0.15, 0.2) is 11.8 Å². The molecule has 5 rings (SSSR count). The predicted octanol–water partition coefficient (Wildman–Crippen LogP) is 2.05. The number of imidazole rings is 1. The molecule has 0 spiro atoms. The van der Waals surface area contributed by atoms with Crippen LogP contribution < -0.4 is 9.47 Å². The van der Waals surface area contributed by atoms with Gasteiger partial charge in [0.25, 0.3) is 6.01 Å². The number of aliphatic hydroxyl groups is 1. The van der Waals surface area contributed by atoms with Crippen LogP contribution in [0.2, 0.25) is 0 Å².